The van der Waals surface area contributed by atoms with Crippen LogP contribution in [0.5, 0.6) is 0 Å². The van der Waals surface area contributed by atoms with Gasteiger partial charge in [-0.1, -0.05) is 23.2 Å². The van der Waals surface area contributed by atoms with Crippen LogP contribution in [-0.4, -0.2) is 36.9 Å². The number of hydrogen-bond donors (Lipinski definition) is 1. The third-order valence-corrected chi connectivity index (χ3v) is 4.24. The number of amides is 2. The molecule has 0 aromatic heterocycles. The van der Waals surface area contributed by atoms with Crippen molar-refractivity contribution >= 4 is 40.7 Å². The lowest BCUT2D eigenvalue weighted by atomic mass is 10.2. The molecule has 2 amide bonds. The van der Waals surface area contributed by atoms with E-state index in [4.69, 9.17) is 28.9 Å². The van der Waals surface area contributed by atoms with Crippen molar-refractivity contribution in [2.24, 2.45) is 5.73 Å². The molecule has 2 N–H and O–H groups in total. The SMILES string of the molecule is CN(CC(=O)N(CCC(N)=O)c1ccc(F)cc1)Cc1cc(Cl)cc(Cl)c1. The standard InChI is InChI=1S/C19H20Cl2FN3O2/c1-24(11-13-8-14(20)10-15(21)9-13)12-19(27)25(7-6-18(23)26)17-4-2-16(22)3-5-17/h2-5,8-10H,6-7,11-12H2,1H3,(H2,23,26). The molecule has 0 bridgehead atoms. The van der Waals surface area contributed by atoms with E-state index in [1.54, 1.807) is 30.1 Å². The summed E-state index contributed by atoms with van der Waals surface area (Å²) in [4.78, 5) is 27.1. The fraction of sp³-hybridized carbons (Fsp3) is 0.263. The minimum absolute atomic E-state index is 0.0106. The Morgan fingerprint density at radius 1 is 1.07 bits per heavy atom. The van der Waals surface area contributed by atoms with E-state index in [-0.39, 0.29) is 25.4 Å². The maximum atomic E-state index is 13.2. The zero-order chi connectivity index (χ0) is 20.0. The van der Waals surface area contributed by atoms with Crippen LogP contribution >= 0.6 is 23.2 Å². The lowest BCUT2D eigenvalue weighted by Crippen LogP contribution is -2.40. The second kappa shape index (κ2) is 9.69. The number of carbonyl (C=O) groups excluding carboxylic acids is 2. The fourth-order valence-corrected chi connectivity index (χ4v) is 3.20. The monoisotopic (exact) mass is 411 g/mol. The third-order valence-electron chi connectivity index (χ3n) is 3.80. The zero-order valence-electron chi connectivity index (χ0n) is 14.8. The molecule has 2 aromatic carbocycles. The topological polar surface area (TPSA) is 66.6 Å². The maximum Gasteiger partial charge on any atom is 0.241 e. The van der Waals surface area contributed by atoms with Crippen LogP contribution in [0, 0.1) is 5.82 Å². The molecule has 0 saturated heterocycles. The smallest absolute Gasteiger partial charge is 0.241 e. The number of halogens is 3. The molecule has 2 rings (SSSR count). The number of hydrogen-bond acceptors (Lipinski definition) is 3. The molecule has 5 nitrogen and oxygen atoms in total. The van der Waals surface area contributed by atoms with Gasteiger partial charge >= 0.3 is 0 Å². The van der Waals surface area contributed by atoms with Gasteiger partial charge in [-0.2, -0.15) is 0 Å². The molecule has 0 unspecified atom stereocenters. The van der Waals surface area contributed by atoms with E-state index in [1.165, 1.54) is 29.2 Å². The first-order chi connectivity index (χ1) is 12.7. The van der Waals surface area contributed by atoms with Crippen LogP contribution in [0.3, 0.4) is 0 Å². The van der Waals surface area contributed by atoms with Crippen molar-refractivity contribution in [3.8, 4) is 0 Å². The minimum Gasteiger partial charge on any atom is -0.370 e. The van der Waals surface area contributed by atoms with Gasteiger partial charge in [0.15, 0.2) is 0 Å². The molecule has 0 aliphatic rings. The van der Waals surface area contributed by atoms with E-state index in [1.807, 2.05) is 0 Å². The fourth-order valence-electron chi connectivity index (χ4n) is 2.63. The van der Waals surface area contributed by atoms with Gasteiger partial charge in [0.2, 0.25) is 11.8 Å². The van der Waals surface area contributed by atoms with Crippen molar-refractivity contribution in [2.75, 3.05) is 25.0 Å². The molecule has 0 radical (unpaired) electrons. The highest BCUT2D eigenvalue weighted by Crippen LogP contribution is 2.20. The van der Waals surface area contributed by atoms with Gasteiger partial charge in [-0.05, 0) is 55.1 Å². The van der Waals surface area contributed by atoms with Gasteiger partial charge in [-0.15, -0.1) is 0 Å². The molecular formula is C19H20Cl2FN3O2. The number of anilines is 1. The summed E-state index contributed by atoms with van der Waals surface area (Å²) in [7, 11) is 1.78. The molecule has 0 spiro atoms. The van der Waals surface area contributed by atoms with Crippen molar-refractivity contribution in [3.63, 3.8) is 0 Å². The molecule has 2 aromatic rings. The first-order valence-electron chi connectivity index (χ1n) is 8.22. The van der Waals surface area contributed by atoms with Crippen LogP contribution in [0.1, 0.15) is 12.0 Å². The van der Waals surface area contributed by atoms with Crippen LogP contribution in [0.25, 0.3) is 0 Å². The Bertz CT molecular complexity index is 795. The summed E-state index contributed by atoms with van der Waals surface area (Å²) in [5.74, 6) is -1.16. The first-order valence-corrected chi connectivity index (χ1v) is 8.98. The second-order valence-corrected chi connectivity index (χ2v) is 7.06. The molecule has 0 heterocycles. The molecule has 144 valence electrons. The summed E-state index contributed by atoms with van der Waals surface area (Å²) in [6.07, 6.45) is 0.0106. The largest absolute Gasteiger partial charge is 0.370 e. The van der Waals surface area contributed by atoms with E-state index in [0.29, 0.717) is 22.3 Å². The predicted molar refractivity (Wildman–Crippen MR) is 105 cm³/mol. The van der Waals surface area contributed by atoms with Crippen LogP contribution < -0.4 is 10.6 Å². The lowest BCUT2D eigenvalue weighted by molar-refractivity contribution is -0.119. The highest BCUT2D eigenvalue weighted by atomic mass is 35.5. The number of nitrogens with zero attached hydrogens (tertiary/aromatic N) is 2. The summed E-state index contributed by atoms with van der Waals surface area (Å²) in [5, 5.41) is 1.04. The number of rotatable bonds is 8. The number of primary amides is 1. The average Bonchev–Trinajstić information content (AvgIpc) is 2.55. The average molecular weight is 412 g/mol. The van der Waals surface area contributed by atoms with Crippen molar-refractivity contribution in [3.05, 3.63) is 63.9 Å². The number of nitrogens with two attached hydrogens (primary N) is 1. The Morgan fingerprint density at radius 2 is 1.67 bits per heavy atom. The van der Waals surface area contributed by atoms with E-state index >= 15 is 0 Å². The van der Waals surface area contributed by atoms with Gasteiger partial charge in [0.25, 0.3) is 0 Å². The first kappa shape index (κ1) is 21.2. The van der Waals surface area contributed by atoms with Crippen molar-refractivity contribution < 1.29 is 14.0 Å². The van der Waals surface area contributed by atoms with Gasteiger partial charge < -0.3 is 10.6 Å². The second-order valence-electron chi connectivity index (χ2n) is 6.19. The Hall–Kier alpha value is -2.15. The number of likely N-dealkylation sites (N-methyl/N-ethyl adjacent to an activating group) is 1. The molecule has 0 aliphatic heterocycles. The third kappa shape index (κ3) is 6.82. The summed E-state index contributed by atoms with van der Waals surface area (Å²) in [6, 6.07) is 10.7. The van der Waals surface area contributed by atoms with Gasteiger partial charge in [-0.3, -0.25) is 14.5 Å². The van der Waals surface area contributed by atoms with Crippen molar-refractivity contribution in [2.45, 2.75) is 13.0 Å². The summed E-state index contributed by atoms with van der Waals surface area (Å²) >= 11 is 12.0. The van der Waals surface area contributed by atoms with E-state index in [0.717, 1.165) is 5.56 Å². The molecule has 0 fully saturated rings. The summed E-state index contributed by atoms with van der Waals surface area (Å²) in [6.45, 7) is 0.663. The van der Waals surface area contributed by atoms with Gasteiger partial charge in [0, 0.05) is 35.2 Å². The minimum atomic E-state index is -0.517. The Kier molecular flexibility index (Phi) is 7.59. The normalized spacial score (nSPS) is 10.9. The highest BCUT2D eigenvalue weighted by Gasteiger charge is 2.18. The van der Waals surface area contributed by atoms with Gasteiger partial charge in [0.05, 0.1) is 6.54 Å². The van der Waals surface area contributed by atoms with Gasteiger partial charge in [0.1, 0.15) is 5.82 Å². The van der Waals surface area contributed by atoms with E-state index in [9.17, 15) is 14.0 Å². The summed E-state index contributed by atoms with van der Waals surface area (Å²) in [5.41, 5.74) is 6.57. The maximum absolute atomic E-state index is 13.2. The lowest BCUT2D eigenvalue weighted by Gasteiger charge is -2.25. The van der Waals surface area contributed by atoms with E-state index < -0.39 is 11.7 Å². The zero-order valence-corrected chi connectivity index (χ0v) is 16.3. The Labute approximate surface area is 167 Å². The quantitative estimate of drug-likeness (QED) is 0.722. The Morgan fingerprint density at radius 3 is 2.22 bits per heavy atom. The number of benzene rings is 2. The van der Waals surface area contributed by atoms with Gasteiger partial charge in [-0.25, -0.2) is 4.39 Å². The molecule has 0 saturated carbocycles. The van der Waals surface area contributed by atoms with Crippen LogP contribution in [-0.2, 0) is 16.1 Å². The van der Waals surface area contributed by atoms with Crippen LogP contribution in [0.2, 0.25) is 10.0 Å². The van der Waals surface area contributed by atoms with E-state index in [2.05, 4.69) is 0 Å². The van der Waals surface area contributed by atoms with Crippen LogP contribution in [0.4, 0.5) is 10.1 Å². The molecule has 8 heteroatoms. The molecule has 0 atom stereocenters. The molecule has 0 aliphatic carbocycles. The highest BCUT2D eigenvalue weighted by molar-refractivity contribution is 6.34. The Balaban J connectivity index is 2.09. The van der Waals surface area contributed by atoms with Crippen LogP contribution in [0.15, 0.2) is 42.5 Å². The van der Waals surface area contributed by atoms with Crippen molar-refractivity contribution in [1.82, 2.24) is 4.90 Å². The number of carbonyl (C=O) groups is 2. The molecular weight excluding hydrogens is 392 g/mol. The summed E-state index contributed by atoms with van der Waals surface area (Å²) < 4.78 is 13.2. The molecule has 27 heavy (non-hydrogen) atoms. The van der Waals surface area contributed by atoms with Crippen molar-refractivity contribution in [1.29, 1.82) is 0 Å². The predicted octanol–water partition coefficient (Wildman–Crippen LogP) is 3.47.